The zero-order valence-electron chi connectivity index (χ0n) is 14.4. The minimum atomic E-state index is -0.369. The number of hydrogen-bond donors (Lipinski definition) is 2. The molecule has 0 fully saturated rings. The molecule has 0 spiro atoms. The topological polar surface area (TPSA) is 84.2 Å². The quantitative estimate of drug-likeness (QED) is 0.718. The summed E-state index contributed by atoms with van der Waals surface area (Å²) in [5.41, 5.74) is 1.07. The summed E-state index contributed by atoms with van der Waals surface area (Å²) in [4.78, 5) is 27.0. The third-order valence-electron chi connectivity index (χ3n) is 3.59. The lowest BCUT2D eigenvalue weighted by molar-refractivity contribution is -0.121. The van der Waals surface area contributed by atoms with Crippen molar-refractivity contribution in [3.05, 3.63) is 41.5 Å². The van der Waals surface area contributed by atoms with E-state index < -0.39 is 0 Å². The molecule has 134 valence electrons. The Bertz CT molecular complexity index is 743. The summed E-state index contributed by atoms with van der Waals surface area (Å²) in [7, 11) is 0. The van der Waals surface area contributed by atoms with Crippen molar-refractivity contribution in [3.63, 3.8) is 0 Å². The van der Waals surface area contributed by atoms with Gasteiger partial charge >= 0.3 is 0 Å². The van der Waals surface area contributed by atoms with Gasteiger partial charge in [-0.05, 0) is 38.0 Å². The summed E-state index contributed by atoms with van der Waals surface area (Å²) in [5.74, 6) is 0.267. The van der Waals surface area contributed by atoms with Gasteiger partial charge in [-0.25, -0.2) is 9.37 Å². The average molecular weight is 347 g/mol. The number of halogens is 1. The lowest BCUT2D eigenvalue weighted by Crippen LogP contribution is -2.27. The van der Waals surface area contributed by atoms with Crippen LogP contribution in [0.2, 0.25) is 0 Å². The first-order valence-electron chi connectivity index (χ1n) is 8.19. The third kappa shape index (κ3) is 6.02. The van der Waals surface area contributed by atoms with E-state index in [-0.39, 0.29) is 24.1 Å². The fourth-order valence-electron chi connectivity index (χ4n) is 2.29. The molecule has 0 bridgehead atoms. The van der Waals surface area contributed by atoms with Gasteiger partial charge in [-0.3, -0.25) is 9.59 Å². The Labute approximate surface area is 145 Å². The number of carbonyl (C=O) groups is 2. The predicted octanol–water partition coefficient (Wildman–Crippen LogP) is 2.36. The summed E-state index contributed by atoms with van der Waals surface area (Å²) in [6, 6.07) is 5.97. The Morgan fingerprint density at radius 3 is 2.60 bits per heavy atom. The zero-order valence-corrected chi connectivity index (χ0v) is 14.4. The number of aromatic nitrogens is 1. The molecule has 0 radical (unpaired) electrons. The highest BCUT2D eigenvalue weighted by molar-refractivity contribution is 5.78. The van der Waals surface area contributed by atoms with Crippen LogP contribution in [-0.4, -0.2) is 29.9 Å². The van der Waals surface area contributed by atoms with E-state index in [4.69, 9.17) is 4.42 Å². The maximum absolute atomic E-state index is 13.3. The van der Waals surface area contributed by atoms with Crippen LogP contribution >= 0.6 is 0 Å². The number of benzene rings is 1. The fraction of sp³-hybridized carbons (Fsp3) is 0.389. The van der Waals surface area contributed by atoms with Crippen LogP contribution in [0.4, 0.5) is 4.39 Å². The van der Waals surface area contributed by atoms with Gasteiger partial charge in [0.05, 0.1) is 12.1 Å². The Hall–Kier alpha value is -2.70. The maximum atomic E-state index is 13.3. The molecule has 25 heavy (non-hydrogen) atoms. The molecule has 0 aliphatic rings. The van der Waals surface area contributed by atoms with Crippen LogP contribution in [0.5, 0.6) is 0 Å². The number of carbonyl (C=O) groups excluding carboxylic acids is 2. The molecule has 2 N–H and O–H groups in total. The molecule has 1 aromatic heterocycles. The SMILES string of the molecule is CC(=O)NCCCCNC(=O)Cc1nc(-c2cccc(F)c2)oc1C. The van der Waals surface area contributed by atoms with Crippen LogP contribution in [0.3, 0.4) is 0 Å². The average Bonchev–Trinajstić information content (AvgIpc) is 2.91. The largest absolute Gasteiger partial charge is 0.441 e. The fourth-order valence-corrected chi connectivity index (χ4v) is 2.29. The Morgan fingerprint density at radius 2 is 1.92 bits per heavy atom. The molecule has 0 saturated heterocycles. The van der Waals surface area contributed by atoms with Crippen LogP contribution in [-0.2, 0) is 16.0 Å². The van der Waals surface area contributed by atoms with Gasteiger partial charge in [0.25, 0.3) is 0 Å². The highest BCUT2D eigenvalue weighted by Gasteiger charge is 2.14. The summed E-state index contributed by atoms with van der Waals surface area (Å²) >= 11 is 0. The van der Waals surface area contributed by atoms with Gasteiger partial charge in [0.1, 0.15) is 11.6 Å². The molecule has 7 heteroatoms. The first-order valence-corrected chi connectivity index (χ1v) is 8.19. The van der Waals surface area contributed by atoms with Crippen molar-refractivity contribution in [2.45, 2.75) is 33.1 Å². The molecule has 0 aliphatic heterocycles. The van der Waals surface area contributed by atoms with Crippen LogP contribution < -0.4 is 10.6 Å². The normalized spacial score (nSPS) is 10.5. The van der Waals surface area contributed by atoms with Crippen LogP contribution in [0, 0.1) is 12.7 Å². The van der Waals surface area contributed by atoms with Gasteiger partial charge in [0.2, 0.25) is 17.7 Å². The van der Waals surface area contributed by atoms with Crippen LogP contribution in [0.1, 0.15) is 31.2 Å². The highest BCUT2D eigenvalue weighted by Crippen LogP contribution is 2.22. The van der Waals surface area contributed by atoms with Crippen molar-refractivity contribution in [3.8, 4) is 11.5 Å². The second-order valence-electron chi connectivity index (χ2n) is 5.75. The standard InChI is InChI=1S/C18H22FN3O3/c1-12-16(11-17(24)21-9-4-3-8-20-13(2)23)22-18(25-12)14-6-5-7-15(19)10-14/h5-7,10H,3-4,8-9,11H2,1-2H3,(H,20,23)(H,21,24). The van der Waals surface area contributed by atoms with E-state index in [9.17, 15) is 14.0 Å². The molecule has 0 aliphatic carbocycles. The van der Waals surface area contributed by atoms with E-state index in [1.54, 1.807) is 19.1 Å². The van der Waals surface area contributed by atoms with Gasteiger partial charge in [-0.1, -0.05) is 6.07 Å². The number of hydrogen-bond acceptors (Lipinski definition) is 4. The molecular formula is C18H22FN3O3. The van der Waals surface area contributed by atoms with E-state index in [0.717, 1.165) is 12.8 Å². The summed E-state index contributed by atoms with van der Waals surface area (Å²) in [5, 5.41) is 5.51. The van der Waals surface area contributed by atoms with Crippen molar-refractivity contribution in [1.29, 1.82) is 0 Å². The number of aryl methyl sites for hydroxylation is 1. The molecule has 2 rings (SSSR count). The molecular weight excluding hydrogens is 325 g/mol. The van der Waals surface area contributed by atoms with Crippen molar-refractivity contribution in [1.82, 2.24) is 15.6 Å². The van der Waals surface area contributed by atoms with E-state index >= 15 is 0 Å². The second-order valence-corrected chi connectivity index (χ2v) is 5.75. The maximum Gasteiger partial charge on any atom is 0.226 e. The Kier molecular flexibility index (Phi) is 6.68. The minimum Gasteiger partial charge on any atom is -0.441 e. The smallest absolute Gasteiger partial charge is 0.226 e. The van der Waals surface area contributed by atoms with Crippen molar-refractivity contribution in [2.75, 3.05) is 13.1 Å². The summed E-state index contributed by atoms with van der Waals surface area (Å²) in [6.45, 7) is 4.34. The Morgan fingerprint density at radius 1 is 1.20 bits per heavy atom. The number of unbranched alkanes of at least 4 members (excludes halogenated alkanes) is 1. The van der Waals surface area contributed by atoms with E-state index in [0.29, 0.717) is 36.0 Å². The molecule has 6 nitrogen and oxygen atoms in total. The van der Waals surface area contributed by atoms with Crippen molar-refractivity contribution in [2.24, 2.45) is 0 Å². The van der Waals surface area contributed by atoms with Crippen molar-refractivity contribution < 1.29 is 18.4 Å². The monoisotopic (exact) mass is 347 g/mol. The van der Waals surface area contributed by atoms with Gasteiger partial charge in [0, 0.05) is 25.6 Å². The molecule has 0 atom stereocenters. The first kappa shape index (κ1) is 18.6. The summed E-state index contributed by atoms with van der Waals surface area (Å²) in [6.07, 6.45) is 1.68. The molecule has 2 amide bonds. The number of nitrogens with one attached hydrogen (secondary N) is 2. The molecule has 0 unspecified atom stereocenters. The second kappa shape index (κ2) is 8.96. The number of nitrogens with zero attached hydrogens (tertiary/aromatic N) is 1. The zero-order chi connectivity index (χ0) is 18.2. The third-order valence-corrected chi connectivity index (χ3v) is 3.59. The van der Waals surface area contributed by atoms with Gasteiger partial charge in [-0.2, -0.15) is 0 Å². The van der Waals surface area contributed by atoms with Gasteiger partial charge in [0.15, 0.2) is 0 Å². The molecule has 0 saturated carbocycles. The molecule has 1 aromatic carbocycles. The molecule has 2 aromatic rings. The van der Waals surface area contributed by atoms with E-state index in [1.165, 1.54) is 19.1 Å². The van der Waals surface area contributed by atoms with Crippen LogP contribution in [0.15, 0.2) is 28.7 Å². The first-order chi connectivity index (χ1) is 12.0. The number of amides is 2. The lowest BCUT2D eigenvalue weighted by Gasteiger charge is -2.04. The Balaban J connectivity index is 1.82. The van der Waals surface area contributed by atoms with Gasteiger partial charge < -0.3 is 15.1 Å². The highest BCUT2D eigenvalue weighted by atomic mass is 19.1. The number of oxazole rings is 1. The van der Waals surface area contributed by atoms with Crippen molar-refractivity contribution >= 4 is 11.8 Å². The minimum absolute atomic E-state index is 0.0559. The van der Waals surface area contributed by atoms with E-state index in [2.05, 4.69) is 15.6 Å². The lowest BCUT2D eigenvalue weighted by atomic mass is 10.2. The van der Waals surface area contributed by atoms with Gasteiger partial charge in [-0.15, -0.1) is 0 Å². The van der Waals surface area contributed by atoms with E-state index in [1.807, 2.05) is 0 Å². The number of rotatable bonds is 8. The molecule has 1 heterocycles. The predicted molar refractivity (Wildman–Crippen MR) is 91.3 cm³/mol. The summed E-state index contributed by atoms with van der Waals surface area (Å²) < 4.78 is 18.8. The van der Waals surface area contributed by atoms with Crippen LogP contribution in [0.25, 0.3) is 11.5 Å².